The molecule has 0 bridgehead atoms. The predicted molar refractivity (Wildman–Crippen MR) is 107 cm³/mol. The normalized spacial score (nSPS) is 17.8. The van der Waals surface area contributed by atoms with Gasteiger partial charge in [0, 0.05) is 13.1 Å². The number of halogens is 1. The molecule has 1 aliphatic heterocycles. The van der Waals surface area contributed by atoms with Crippen molar-refractivity contribution in [1.82, 2.24) is 10.3 Å². The van der Waals surface area contributed by atoms with Crippen molar-refractivity contribution in [3.8, 4) is 5.88 Å². The van der Waals surface area contributed by atoms with Crippen molar-refractivity contribution >= 4 is 11.6 Å². The maximum atomic E-state index is 12.7. The number of nitrogens with one attached hydrogen (secondary N) is 1. The van der Waals surface area contributed by atoms with Crippen LogP contribution in [-0.4, -0.2) is 50.1 Å². The fourth-order valence-electron chi connectivity index (χ4n) is 3.53. The first-order chi connectivity index (χ1) is 13.6. The number of anilines is 1. The molecule has 156 valence electrons. The molecule has 2 fully saturated rings. The van der Waals surface area contributed by atoms with E-state index in [0.29, 0.717) is 36.4 Å². The molecule has 1 aromatic rings. The third kappa shape index (κ3) is 6.06. The lowest BCUT2D eigenvalue weighted by atomic mass is 10.0. The largest absolute Gasteiger partial charge is 0.476 e. The van der Waals surface area contributed by atoms with Gasteiger partial charge in [-0.3, -0.25) is 4.79 Å². The lowest BCUT2D eigenvalue weighted by Crippen LogP contribution is -2.39. The molecule has 1 atom stereocenters. The summed E-state index contributed by atoms with van der Waals surface area (Å²) >= 11 is 0. The van der Waals surface area contributed by atoms with Crippen LogP contribution >= 0.6 is 0 Å². The van der Waals surface area contributed by atoms with E-state index in [-0.39, 0.29) is 18.6 Å². The zero-order chi connectivity index (χ0) is 19.9. The Morgan fingerprint density at radius 1 is 1.32 bits per heavy atom. The van der Waals surface area contributed by atoms with Crippen LogP contribution in [-0.2, 0) is 4.74 Å². The molecule has 2 heterocycles. The van der Waals surface area contributed by atoms with E-state index >= 15 is 0 Å². The molecule has 3 rings (SSSR count). The molecule has 1 saturated carbocycles. The maximum absolute atomic E-state index is 12.7. The fourth-order valence-corrected chi connectivity index (χ4v) is 3.53. The van der Waals surface area contributed by atoms with Crippen molar-refractivity contribution < 1.29 is 18.7 Å². The Bertz CT molecular complexity index is 646. The molecule has 0 aromatic carbocycles. The number of aromatic nitrogens is 1. The molecule has 7 heteroatoms. The van der Waals surface area contributed by atoms with Crippen molar-refractivity contribution in [1.29, 1.82) is 0 Å². The summed E-state index contributed by atoms with van der Waals surface area (Å²) in [5.41, 5.74) is 1.29. The molecule has 0 spiro atoms. The van der Waals surface area contributed by atoms with E-state index in [9.17, 15) is 9.18 Å². The summed E-state index contributed by atoms with van der Waals surface area (Å²) < 4.78 is 23.3. The van der Waals surface area contributed by atoms with E-state index in [1.54, 1.807) is 6.07 Å². The first-order valence-corrected chi connectivity index (χ1v) is 10.4. The number of pyridine rings is 1. The molecular weight excluding hydrogens is 361 g/mol. The third-order valence-corrected chi connectivity index (χ3v) is 5.16. The second-order valence-corrected chi connectivity index (χ2v) is 8.25. The van der Waals surface area contributed by atoms with Gasteiger partial charge in [0.1, 0.15) is 5.69 Å². The topological polar surface area (TPSA) is 63.7 Å². The Morgan fingerprint density at radius 2 is 2.07 bits per heavy atom. The molecule has 1 aliphatic carbocycles. The van der Waals surface area contributed by atoms with E-state index < -0.39 is 6.86 Å². The minimum absolute atomic E-state index is 0.150. The van der Waals surface area contributed by atoms with Gasteiger partial charge in [-0.05, 0) is 56.1 Å². The molecule has 6 nitrogen and oxygen atoms in total. The first kappa shape index (κ1) is 20.8. The minimum Gasteiger partial charge on any atom is -0.476 e. The quantitative estimate of drug-likeness (QED) is 0.623. The van der Waals surface area contributed by atoms with Crippen molar-refractivity contribution in [2.45, 2.75) is 52.0 Å². The number of carbonyl (C=O) groups is 1. The standard InChI is InChI=1S/C21H32FN3O3/c1-15(2)11-17(13-27-14-22)23-20(26)18-7-8-19(25-9-3-4-10-25)21(24-18)28-12-16-5-6-16/h7-8,15-17H,3-6,9-14H2,1-2H3,(H,23,26)/t17-/m0/s1. The van der Waals surface area contributed by atoms with Crippen LogP contribution in [0.3, 0.4) is 0 Å². The lowest BCUT2D eigenvalue weighted by Gasteiger charge is -2.22. The summed E-state index contributed by atoms with van der Waals surface area (Å²) in [5, 5.41) is 2.93. The van der Waals surface area contributed by atoms with Gasteiger partial charge in [-0.2, -0.15) is 0 Å². The lowest BCUT2D eigenvalue weighted by molar-refractivity contribution is 0.0385. The van der Waals surface area contributed by atoms with E-state index in [1.807, 2.05) is 6.07 Å². The van der Waals surface area contributed by atoms with Gasteiger partial charge < -0.3 is 19.7 Å². The number of amides is 1. The van der Waals surface area contributed by atoms with Gasteiger partial charge in [-0.25, -0.2) is 9.37 Å². The van der Waals surface area contributed by atoms with Gasteiger partial charge >= 0.3 is 0 Å². The fraction of sp³-hybridized carbons (Fsp3) is 0.714. The number of hydrogen-bond donors (Lipinski definition) is 1. The smallest absolute Gasteiger partial charge is 0.270 e. The summed E-state index contributed by atoms with van der Waals surface area (Å²) in [7, 11) is 0. The van der Waals surface area contributed by atoms with Crippen molar-refractivity contribution in [3.63, 3.8) is 0 Å². The zero-order valence-electron chi connectivity index (χ0n) is 17.0. The number of ether oxygens (including phenoxy) is 2. The van der Waals surface area contributed by atoms with Gasteiger partial charge in [-0.15, -0.1) is 0 Å². The van der Waals surface area contributed by atoms with Crippen LogP contribution < -0.4 is 15.0 Å². The SMILES string of the molecule is CC(C)C[C@@H](COCF)NC(=O)c1ccc(N2CCCC2)c(OCC2CC2)n1. The Labute approximate surface area is 166 Å². The van der Waals surface area contributed by atoms with Crippen LogP contribution in [0.1, 0.15) is 56.4 Å². The summed E-state index contributed by atoms with van der Waals surface area (Å²) in [6.45, 7) is 6.04. The van der Waals surface area contributed by atoms with Crippen LogP contribution in [0, 0.1) is 11.8 Å². The molecular formula is C21H32FN3O3. The average molecular weight is 394 g/mol. The summed E-state index contributed by atoms with van der Waals surface area (Å²) in [4.78, 5) is 19.6. The monoisotopic (exact) mass is 393 g/mol. The Kier molecular flexibility index (Phi) is 7.48. The van der Waals surface area contributed by atoms with E-state index in [0.717, 1.165) is 31.6 Å². The number of nitrogens with zero attached hydrogens (tertiary/aromatic N) is 2. The Morgan fingerprint density at radius 3 is 2.71 bits per heavy atom. The zero-order valence-corrected chi connectivity index (χ0v) is 17.0. The van der Waals surface area contributed by atoms with E-state index in [1.165, 1.54) is 12.8 Å². The number of rotatable bonds is 11. The highest BCUT2D eigenvalue weighted by Gasteiger charge is 2.25. The second kappa shape index (κ2) is 10.0. The van der Waals surface area contributed by atoms with Crippen LogP contribution in [0.4, 0.5) is 10.1 Å². The maximum Gasteiger partial charge on any atom is 0.270 e. The first-order valence-electron chi connectivity index (χ1n) is 10.4. The van der Waals surface area contributed by atoms with Crippen LogP contribution in [0.25, 0.3) is 0 Å². The molecule has 1 saturated heterocycles. The molecule has 1 N–H and O–H groups in total. The molecule has 28 heavy (non-hydrogen) atoms. The minimum atomic E-state index is -0.855. The second-order valence-electron chi connectivity index (χ2n) is 8.25. The van der Waals surface area contributed by atoms with Crippen LogP contribution in [0.5, 0.6) is 5.88 Å². The van der Waals surface area contributed by atoms with E-state index in [2.05, 4.69) is 29.0 Å². The summed E-state index contributed by atoms with van der Waals surface area (Å²) in [6, 6.07) is 3.43. The van der Waals surface area contributed by atoms with Gasteiger partial charge in [0.15, 0.2) is 6.86 Å². The molecule has 1 amide bonds. The molecule has 0 unspecified atom stereocenters. The van der Waals surface area contributed by atoms with Crippen molar-refractivity contribution in [2.75, 3.05) is 38.1 Å². The van der Waals surface area contributed by atoms with Gasteiger partial charge in [0.25, 0.3) is 5.91 Å². The van der Waals surface area contributed by atoms with E-state index in [4.69, 9.17) is 9.47 Å². The van der Waals surface area contributed by atoms with Crippen molar-refractivity contribution in [2.24, 2.45) is 11.8 Å². The molecule has 0 radical (unpaired) electrons. The van der Waals surface area contributed by atoms with Gasteiger partial charge in [0.05, 0.1) is 24.9 Å². The Hall–Kier alpha value is -1.89. The number of hydrogen-bond acceptors (Lipinski definition) is 5. The highest BCUT2D eigenvalue weighted by Crippen LogP contribution is 2.33. The number of alkyl halides is 1. The average Bonchev–Trinajstić information content (AvgIpc) is 3.35. The number of carbonyl (C=O) groups excluding carboxylic acids is 1. The summed E-state index contributed by atoms with van der Waals surface area (Å²) in [5.74, 6) is 1.23. The molecule has 1 aromatic heterocycles. The Balaban J connectivity index is 1.71. The summed E-state index contributed by atoms with van der Waals surface area (Å²) in [6.07, 6.45) is 5.43. The van der Waals surface area contributed by atoms with Gasteiger partial charge in [0.2, 0.25) is 5.88 Å². The highest BCUT2D eigenvalue weighted by atomic mass is 19.1. The third-order valence-electron chi connectivity index (χ3n) is 5.16. The molecule has 2 aliphatic rings. The van der Waals surface area contributed by atoms with Crippen LogP contribution in [0.15, 0.2) is 12.1 Å². The predicted octanol–water partition coefficient (Wildman–Crippen LogP) is 3.56. The van der Waals surface area contributed by atoms with Crippen molar-refractivity contribution in [3.05, 3.63) is 17.8 Å². The van der Waals surface area contributed by atoms with Gasteiger partial charge in [-0.1, -0.05) is 13.8 Å². The highest BCUT2D eigenvalue weighted by molar-refractivity contribution is 5.93. The van der Waals surface area contributed by atoms with Crippen LogP contribution in [0.2, 0.25) is 0 Å².